The molecule has 0 aromatic carbocycles. The van der Waals surface area contributed by atoms with Crippen molar-refractivity contribution in [2.45, 2.75) is 38.6 Å². The van der Waals surface area contributed by atoms with Crippen molar-refractivity contribution in [1.82, 2.24) is 9.55 Å². The fraction of sp³-hybridized carbons (Fsp3) is 0.462. The van der Waals surface area contributed by atoms with Crippen molar-refractivity contribution in [1.29, 1.82) is 0 Å². The van der Waals surface area contributed by atoms with Crippen molar-refractivity contribution < 1.29 is 9.90 Å². The zero-order valence-electron chi connectivity index (χ0n) is 10.8. The van der Waals surface area contributed by atoms with Gasteiger partial charge in [0.1, 0.15) is 4.83 Å². The van der Waals surface area contributed by atoms with E-state index in [0.29, 0.717) is 10.2 Å². The molecule has 2 aromatic heterocycles. The Morgan fingerprint density at radius 3 is 2.80 bits per heavy atom. The first-order valence-electron chi connectivity index (χ1n) is 6.57. The van der Waals surface area contributed by atoms with Gasteiger partial charge in [-0.05, 0) is 31.2 Å². The van der Waals surface area contributed by atoms with Gasteiger partial charge in [-0.1, -0.05) is 0 Å². The van der Waals surface area contributed by atoms with Crippen molar-refractivity contribution in [3.8, 4) is 0 Å². The Balaban J connectivity index is 2.20. The van der Waals surface area contributed by atoms with Gasteiger partial charge >= 0.3 is 11.7 Å². The number of aryl methyl sites for hydroxylation is 2. The molecule has 0 atom stereocenters. The maximum absolute atomic E-state index is 12.5. The van der Waals surface area contributed by atoms with Crippen LogP contribution in [0.2, 0.25) is 0 Å². The highest BCUT2D eigenvalue weighted by Gasteiger charge is 2.20. The number of nitrogens with one attached hydrogen (secondary N) is 1. The molecular weight excluding hydrogens is 280 g/mol. The highest BCUT2D eigenvalue weighted by Crippen LogP contribution is 2.32. The number of aromatic amines is 1. The molecule has 0 amide bonds. The second kappa shape index (κ2) is 4.90. The summed E-state index contributed by atoms with van der Waals surface area (Å²) < 4.78 is 0.998. The lowest BCUT2D eigenvalue weighted by Gasteiger charge is -2.10. The van der Waals surface area contributed by atoms with Crippen molar-refractivity contribution in [2.75, 3.05) is 0 Å². The van der Waals surface area contributed by atoms with Crippen LogP contribution in [0.5, 0.6) is 0 Å². The van der Waals surface area contributed by atoms with Gasteiger partial charge < -0.3 is 5.11 Å². The summed E-state index contributed by atoms with van der Waals surface area (Å²) in [5.41, 5.74) is 0.160. The van der Waals surface area contributed by atoms with Crippen molar-refractivity contribution in [3.05, 3.63) is 31.3 Å². The number of carboxylic acid groups (broad SMARTS) is 1. The molecule has 3 rings (SSSR count). The third kappa shape index (κ3) is 2.07. The topological polar surface area (TPSA) is 92.2 Å². The molecule has 106 valence electrons. The molecule has 1 aliphatic rings. The fourth-order valence-corrected chi connectivity index (χ4v) is 3.95. The number of fused-ring (bicyclic) bond motifs is 3. The minimum Gasteiger partial charge on any atom is -0.481 e. The summed E-state index contributed by atoms with van der Waals surface area (Å²) in [6.07, 6.45) is 3.73. The number of aromatic nitrogens is 2. The standard InChI is InChI=1S/C13H14N2O4S/c16-9(17)5-6-15-12(18)10-7-3-1-2-4-8(7)20-11(10)14-13(15)19/h1-6H2,(H,14,19)(H,16,17). The smallest absolute Gasteiger partial charge is 0.329 e. The average molecular weight is 294 g/mol. The van der Waals surface area contributed by atoms with Crippen LogP contribution in [-0.4, -0.2) is 20.6 Å². The van der Waals surface area contributed by atoms with E-state index in [0.717, 1.165) is 35.8 Å². The molecule has 0 radical (unpaired) electrons. The zero-order valence-corrected chi connectivity index (χ0v) is 11.6. The predicted molar refractivity (Wildman–Crippen MR) is 75.6 cm³/mol. The van der Waals surface area contributed by atoms with E-state index in [1.54, 1.807) is 0 Å². The Hall–Kier alpha value is -1.89. The van der Waals surface area contributed by atoms with Crippen LogP contribution < -0.4 is 11.2 Å². The van der Waals surface area contributed by atoms with Crippen LogP contribution in [0, 0.1) is 0 Å². The van der Waals surface area contributed by atoms with Gasteiger partial charge in [0.05, 0.1) is 11.8 Å². The van der Waals surface area contributed by atoms with Crippen LogP contribution in [0.4, 0.5) is 0 Å². The number of carbonyl (C=O) groups is 1. The minimum absolute atomic E-state index is 0.0932. The molecule has 2 heterocycles. The van der Waals surface area contributed by atoms with Crippen LogP contribution in [0.25, 0.3) is 10.2 Å². The first-order chi connectivity index (χ1) is 9.58. The Labute approximate surface area is 117 Å². The third-order valence-electron chi connectivity index (χ3n) is 3.65. The Bertz CT molecular complexity index is 799. The lowest BCUT2D eigenvalue weighted by molar-refractivity contribution is -0.137. The van der Waals surface area contributed by atoms with Gasteiger partial charge in [-0.3, -0.25) is 19.1 Å². The first-order valence-corrected chi connectivity index (χ1v) is 7.38. The van der Waals surface area contributed by atoms with Gasteiger partial charge in [0.2, 0.25) is 0 Å². The van der Waals surface area contributed by atoms with E-state index < -0.39 is 11.7 Å². The van der Waals surface area contributed by atoms with E-state index in [2.05, 4.69) is 4.98 Å². The summed E-state index contributed by atoms with van der Waals surface area (Å²) in [7, 11) is 0. The molecule has 0 aliphatic heterocycles. The number of carboxylic acids is 1. The number of hydrogen-bond acceptors (Lipinski definition) is 4. The summed E-state index contributed by atoms with van der Waals surface area (Å²) in [6.45, 7) is -0.0932. The fourth-order valence-electron chi connectivity index (χ4n) is 2.68. The van der Waals surface area contributed by atoms with Gasteiger partial charge in [-0.25, -0.2) is 4.79 Å². The van der Waals surface area contributed by atoms with E-state index >= 15 is 0 Å². The lowest BCUT2D eigenvalue weighted by Crippen LogP contribution is -2.35. The highest BCUT2D eigenvalue weighted by atomic mass is 32.1. The van der Waals surface area contributed by atoms with Gasteiger partial charge in [0.15, 0.2) is 0 Å². The third-order valence-corrected chi connectivity index (χ3v) is 4.85. The molecule has 0 bridgehead atoms. The van der Waals surface area contributed by atoms with Crippen LogP contribution in [-0.2, 0) is 24.2 Å². The SMILES string of the molecule is O=C(O)CCn1c(=O)[nH]c2sc3c(c2c1=O)CCCC3. The van der Waals surface area contributed by atoms with E-state index in [1.165, 1.54) is 16.2 Å². The van der Waals surface area contributed by atoms with Gasteiger partial charge in [0.25, 0.3) is 5.56 Å². The molecule has 2 aromatic rings. The molecular formula is C13H14N2O4S. The summed E-state index contributed by atoms with van der Waals surface area (Å²) in [5.74, 6) is -1.02. The molecule has 0 saturated heterocycles. The van der Waals surface area contributed by atoms with Gasteiger partial charge in [0, 0.05) is 11.4 Å². The predicted octanol–water partition coefficient (Wildman–Crippen LogP) is 1.10. The Morgan fingerprint density at radius 1 is 1.30 bits per heavy atom. The quantitative estimate of drug-likeness (QED) is 0.886. The number of hydrogen-bond donors (Lipinski definition) is 2. The summed E-state index contributed by atoms with van der Waals surface area (Å²) in [6, 6.07) is 0. The molecule has 0 fully saturated rings. The van der Waals surface area contributed by atoms with E-state index in [1.807, 2.05) is 0 Å². The molecule has 0 unspecified atom stereocenters. The number of H-pyrrole nitrogens is 1. The second-order valence-corrected chi connectivity index (χ2v) is 6.05. The lowest BCUT2D eigenvalue weighted by atomic mass is 9.97. The Kier molecular flexibility index (Phi) is 3.21. The molecule has 20 heavy (non-hydrogen) atoms. The minimum atomic E-state index is -1.02. The van der Waals surface area contributed by atoms with Gasteiger partial charge in [-0.15, -0.1) is 11.3 Å². The van der Waals surface area contributed by atoms with Crippen molar-refractivity contribution in [3.63, 3.8) is 0 Å². The van der Waals surface area contributed by atoms with Crippen LogP contribution in [0.15, 0.2) is 9.59 Å². The van der Waals surface area contributed by atoms with E-state index in [9.17, 15) is 14.4 Å². The number of aliphatic carboxylic acids is 1. The summed E-state index contributed by atoms with van der Waals surface area (Å²) in [4.78, 5) is 39.5. The number of rotatable bonds is 3. The Morgan fingerprint density at radius 2 is 2.05 bits per heavy atom. The van der Waals surface area contributed by atoms with Crippen LogP contribution >= 0.6 is 11.3 Å². The molecule has 2 N–H and O–H groups in total. The van der Waals surface area contributed by atoms with Crippen LogP contribution in [0.3, 0.4) is 0 Å². The van der Waals surface area contributed by atoms with Crippen molar-refractivity contribution in [2.24, 2.45) is 0 Å². The van der Waals surface area contributed by atoms with Crippen molar-refractivity contribution >= 4 is 27.5 Å². The molecule has 6 nitrogen and oxygen atoms in total. The molecule has 0 spiro atoms. The molecule has 0 saturated carbocycles. The van der Waals surface area contributed by atoms with E-state index in [-0.39, 0.29) is 18.5 Å². The highest BCUT2D eigenvalue weighted by molar-refractivity contribution is 7.18. The maximum atomic E-state index is 12.5. The first kappa shape index (κ1) is 13.1. The van der Waals surface area contributed by atoms with Gasteiger partial charge in [-0.2, -0.15) is 0 Å². The largest absolute Gasteiger partial charge is 0.481 e. The summed E-state index contributed by atoms with van der Waals surface area (Å²) in [5, 5.41) is 9.27. The monoisotopic (exact) mass is 294 g/mol. The number of thiophene rings is 1. The second-order valence-electron chi connectivity index (χ2n) is 4.95. The maximum Gasteiger partial charge on any atom is 0.329 e. The molecule has 1 aliphatic carbocycles. The molecule has 7 heteroatoms. The normalized spacial score (nSPS) is 14.4. The number of nitrogens with zero attached hydrogens (tertiary/aromatic N) is 1. The zero-order chi connectivity index (χ0) is 14.3. The van der Waals surface area contributed by atoms with E-state index in [4.69, 9.17) is 5.11 Å². The average Bonchev–Trinajstić information content (AvgIpc) is 2.75. The van der Waals surface area contributed by atoms with Crippen LogP contribution in [0.1, 0.15) is 29.7 Å². The summed E-state index contributed by atoms with van der Waals surface area (Å²) >= 11 is 1.48.